The van der Waals surface area contributed by atoms with E-state index in [0.29, 0.717) is 30.3 Å². The van der Waals surface area contributed by atoms with Crippen LogP contribution in [0, 0.1) is 0 Å². The average molecular weight is 459 g/mol. The summed E-state index contributed by atoms with van der Waals surface area (Å²) in [5, 5.41) is 6.41. The summed E-state index contributed by atoms with van der Waals surface area (Å²) in [6, 6.07) is 14.5. The number of amides is 2. The van der Waals surface area contributed by atoms with Gasteiger partial charge in [-0.25, -0.2) is 14.8 Å². The summed E-state index contributed by atoms with van der Waals surface area (Å²) in [5.74, 6) is 1.32. The van der Waals surface area contributed by atoms with Gasteiger partial charge >= 0.3 is 6.03 Å². The first-order valence-corrected chi connectivity index (χ1v) is 11.2. The van der Waals surface area contributed by atoms with Crippen molar-refractivity contribution in [3.8, 4) is 11.5 Å². The molecule has 9 heteroatoms. The molecule has 166 valence electrons. The maximum Gasteiger partial charge on any atom is 0.320 e. The van der Waals surface area contributed by atoms with Crippen molar-refractivity contribution in [2.45, 2.75) is 29.8 Å². The van der Waals surface area contributed by atoms with E-state index in [1.54, 1.807) is 31.0 Å². The second-order valence-corrected chi connectivity index (χ2v) is 7.95. The van der Waals surface area contributed by atoms with Gasteiger partial charge < -0.3 is 10.1 Å². The molecule has 33 heavy (non-hydrogen) atoms. The standard InChI is InChI=1S/C24H22N6O2S/c1-2-19-20(8-6-12-26-19)32-21-13-18(33-22-9-3-4-11-27-22)16-28-23(21)30-24(31)29-15-17-7-5-10-25-14-17/h3-14,16H,2,15H2,1H3,(H2,28,29,30,31). The number of rotatable bonds is 8. The number of aromatic nitrogens is 4. The second kappa shape index (κ2) is 11.1. The lowest BCUT2D eigenvalue weighted by Gasteiger charge is -2.14. The number of nitrogens with zero attached hydrogens (tertiary/aromatic N) is 4. The number of hydrogen-bond acceptors (Lipinski definition) is 7. The van der Waals surface area contributed by atoms with E-state index in [-0.39, 0.29) is 0 Å². The molecule has 0 aliphatic heterocycles. The fourth-order valence-corrected chi connectivity index (χ4v) is 3.69. The Balaban J connectivity index is 1.55. The zero-order chi connectivity index (χ0) is 22.9. The first-order chi connectivity index (χ1) is 16.2. The van der Waals surface area contributed by atoms with Crippen LogP contribution in [0.1, 0.15) is 18.2 Å². The van der Waals surface area contributed by atoms with Crippen LogP contribution in [0.15, 0.2) is 89.4 Å². The third-order valence-corrected chi connectivity index (χ3v) is 5.41. The largest absolute Gasteiger partial charge is 0.452 e. The van der Waals surface area contributed by atoms with Crippen LogP contribution in [-0.4, -0.2) is 26.0 Å². The smallest absolute Gasteiger partial charge is 0.320 e. The summed E-state index contributed by atoms with van der Waals surface area (Å²) in [4.78, 5) is 30.6. The van der Waals surface area contributed by atoms with E-state index >= 15 is 0 Å². The minimum absolute atomic E-state index is 0.301. The summed E-state index contributed by atoms with van der Waals surface area (Å²) in [7, 11) is 0. The average Bonchev–Trinajstić information content (AvgIpc) is 2.86. The summed E-state index contributed by atoms with van der Waals surface area (Å²) in [6.07, 6.45) is 9.23. The Labute approximate surface area is 195 Å². The number of hydrogen-bond donors (Lipinski definition) is 2. The van der Waals surface area contributed by atoms with Crippen molar-refractivity contribution in [3.63, 3.8) is 0 Å². The maximum atomic E-state index is 12.5. The van der Waals surface area contributed by atoms with Crippen molar-refractivity contribution in [1.82, 2.24) is 25.3 Å². The Bertz CT molecular complexity index is 1210. The van der Waals surface area contributed by atoms with Gasteiger partial charge in [-0.15, -0.1) is 0 Å². The predicted molar refractivity (Wildman–Crippen MR) is 126 cm³/mol. The molecule has 0 radical (unpaired) electrons. The third-order valence-electron chi connectivity index (χ3n) is 4.50. The molecule has 8 nitrogen and oxygen atoms in total. The molecule has 0 spiro atoms. The second-order valence-electron chi connectivity index (χ2n) is 6.86. The molecule has 4 aromatic heterocycles. The molecule has 0 saturated heterocycles. The summed E-state index contributed by atoms with van der Waals surface area (Å²) < 4.78 is 6.16. The van der Waals surface area contributed by atoms with Gasteiger partial charge in [0.2, 0.25) is 0 Å². The Kier molecular flexibility index (Phi) is 7.44. The van der Waals surface area contributed by atoms with Crippen molar-refractivity contribution >= 4 is 23.6 Å². The highest BCUT2D eigenvalue weighted by Gasteiger charge is 2.14. The fraction of sp³-hybridized carbons (Fsp3) is 0.125. The highest BCUT2D eigenvalue weighted by atomic mass is 32.2. The lowest BCUT2D eigenvalue weighted by molar-refractivity contribution is 0.251. The summed E-state index contributed by atoms with van der Waals surface area (Å²) in [6.45, 7) is 2.35. The van der Waals surface area contributed by atoms with Gasteiger partial charge in [0.15, 0.2) is 11.6 Å². The number of anilines is 1. The maximum absolute atomic E-state index is 12.5. The Morgan fingerprint density at radius 3 is 2.64 bits per heavy atom. The van der Waals surface area contributed by atoms with Crippen molar-refractivity contribution in [3.05, 3.63) is 90.8 Å². The van der Waals surface area contributed by atoms with E-state index < -0.39 is 6.03 Å². The Hall–Kier alpha value is -3.98. The van der Waals surface area contributed by atoms with E-state index in [2.05, 4.69) is 30.6 Å². The monoisotopic (exact) mass is 458 g/mol. The quantitative estimate of drug-likeness (QED) is 0.379. The Morgan fingerprint density at radius 1 is 0.970 bits per heavy atom. The molecular weight excluding hydrogens is 436 g/mol. The normalized spacial score (nSPS) is 10.5. The highest BCUT2D eigenvalue weighted by Crippen LogP contribution is 2.35. The minimum Gasteiger partial charge on any atom is -0.452 e. The van der Waals surface area contributed by atoms with Gasteiger partial charge in [-0.1, -0.05) is 30.8 Å². The molecular formula is C24H22N6O2S. The van der Waals surface area contributed by atoms with Crippen LogP contribution in [0.2, 0.25) is 0 Å². The van der Waals surface area contributed by atoms with E-state index in [1.165, 1.54) is 11.8 Å². The molecule has 4 aromatic rings. The van der Waals surface area contributed by atoms with Gasteiger partial charge in [-0.05, 0) is 42.3 Å². The molecule has 0 unspecified atom stereocenters. The SMILES string of the molecule is CCc1ncccc1Oc1cc(Sc2ccccn2)cnc1NC(=O)NCc1cccnc1. The van der Waals surface area contributed by atoms with Gasteiger partial charge in [0, 0.05) is 48.5 Å². The first-order valence-electron chi connectivity index (χ1n) is 10.4. The van der Waals surface area contributed by atoms with Crippen LogP contribution in [0.5, 0.6) is 11.5 Å². The summed E-state index contributed by atoms with van der Waals surface area (Å²) in [5.41, 5.74) is 1.70. The van der Waals surface area contributed by atoms with Gasteiger partial charge in [0.05, 0.1) is 5.69 Å². The number of pyridine rings is 4. The van der Waals surface area contributed by atoms with Gasteiger partial charge in [0.25, 0.3) is 0 Å². The molecule has 4 heterocycles. The molecule has 2 amide bonds. The molecule has 0 fully saturated rings. The molecule has 0 aliphatic rings. The number of aryl methyl sites for hydroxylation is 1. The van der Waals surface area contributed by atoms with Crippen LogP contribution in [-0.2, 0) is 13.0 Å². The number of carbonyl (C=O) groups excluding carboxylic acids is 1. The topological polar surface area (TPSA) is 102 Å². The van der Waals surface area contributed by atoms with Crippen molar-refractivity contribution in [2.24, 2.45) is 0 Å². The van der Waals surface area contributed by atoms with E-state index in [1.807, 2.05) is 55.5 Å². The highest BCUT2D eigenvalue weighted by molar-refractivity contribution is 7.99. The van der Waals surface area contributed by atoms with Crippen molar-refractivity contribution < 1.29 is 9.53 Å². The molecule has 4 rings (SSSR count). The first kappa shape index (κ1) is 22.2. The molecule has 0 aliphatic carbocycles. The predicted octanol–water partition coefficient (Wildman–Crippen LogP) is 5.09. The summed E-state index contributed by atoms with van der Waals surface area (Å²) >= 11 is 1.45. The van der Waals surface area contributed by atoms with Crippen LogP contribution in [0.4, 0.5) is 10.6 Å². The van der Waals surface area contributed by atoms with Crippen LogP contribution >= 0.6 is 11.8 Å². The lowest BCUT2D eigenvalue weighted by atomic mass is 10.2. The van der Waals surface area contributed by atoms with Crippen LogP contribution in [0.3, 0.4) is 0 Å². The number of ether oxygens (including phenoxy) is 1. The van der Waals surface area contributed by atoms with E-state index in [0.717, 1.165) is 21.2 Å². The van der Waals surface area contributed by atoms with Crippen molar-refractivity contribution in [2.75, 3.05) is 5.32 Å². The van der Waals surface area contributed by atoms with Crippen LogP contribution in [0.25, 0.3) is 0 Å². The molecule has 0 atom stereocenters. The Morgan fingerprint density at radius 2 is 1.85 bits per heavy atom. The zero-order valence-electron chi connectivity index (χ0n) is 17.9. The lowest BCUT2D eigenvalue weighted by Crippen LogP contribution is -2.28. The fourth-order valence-electron chi connectivity index (χ4n) is 2.92. The number of carbonyl (C=O) groups is 1. The molecule has 2 N–H and O–H groups in total. The van der Waals surface area contributed by atoms with Gasteiger partial charge in [-0.2, -0.15) is 0 Å². The van der Waals surface area contributed by atoms with Crippen molar-refractivity contribution in [1.29, 1.82) is 0 Å². The minimum atomic E-state index is -0.400. The number of nitrogens with one attached hydrogen (secondary N) is 2. The van der Waals surface area contributed by atoms with Gasteiger partial charge in [-0.3, -0.25) is 15.3 Å². The molecule has 0 aromatic carbocycles. The van der Waals surface area contributed by atoms with E-state index in [4.69, 9.17) is 4.74 Å². The van der Waals surface area contributed by atoms with E-state index in [9.17, 15) is 4.79 Å². The van der Waals surface area contributed by atoms with Crippen LogP contribution < -0.4 is 15.4 Å². The zero-order valence-corrected chi connectivity index (χ0v) is 18.7. The third kappa shape index (κ3) is 6.27. The molecule has 0 saturated carbocycles. The number of urea groups is 1. The molecule has 0 bridgehead atoms. The van der Waals surface area contributed by atoms with Gasteiger partial charge in [0.1, 0.15) is 10.8 Å².